The predicted octanol–water partition coefficient (Wildman–Crippen LogP) is 2.45. The molecule has 0 radical (unpaired) electrons. The van der Waals surface area contributed by atoms with E-state index in [0.717, 1.165) is 12.1 Å². The summed E-state index contributed by atoms with van der Waals surface area (Å²) >= 11 is 0. The molecule has 8 heteroatoms. The lowest BCUT2D eigenvalue weighted by atomic mass is 10.0. The number of hydrogen-bond donors (Lipinski definition) is 1. The summed E-state index contributed by atoms with van der Waals surface area (Å²) < 4.78 is 36.7. The van der Waals surface area contributed by atoms with E-state index in [-0.39, 0.29) is 23.7 Å². The van der Waals surface area contributed by atoms with Crippen LogP contribution in [-0.4, -0.2) is 42.2 Å². The van der Waals surface area contributed by atoms with Crippen LogP contribution in [0.2, 0.25) is 0 Å². The molecule has 1 aliphatic heterocycles. The Balaban J connectivity index is 1.90. The van der Waals surface area contributed by atoms with Crippen molar-refractivity contribution >= 4 is 12.0 Å². The van der Waals surface area contributed by atoms with E-state index in [1.54, 1.807) is 18.7 Å². The topological polar surface area (TPSA) is 81.9 Å². The molecule has 1 saturated heterocycles. The first-order chi connectivity index (χ1) is 11.8. The van der Waals surface area contributed by atoms with Crippen LogP contribution in [0.25, 0.3) is 0 Å². The van der Waals surface area contributed by atoms with E-state index in [0.29, 0.717) is 25.9 Å². The van der Waals surface area contributed by atoms with Gasteiger partial charge in [-0.2, -0.15) is 0 Å². The lowest BCUT2D eigenvalue weighted by Crippen LogP contribution is -2.49. The van der Waals surface area contributed by atoms with Crippen molar-refractivity contribution in [3.05, 3.63) is 29.8 Å². The van der Waals surface area contributed by atoms with Crippen molar-refractivity contribution in [2.45, 2.75) is 38.9 Å². The summed E-state index contributed by atoms with van der Waals surface area (Å²) in [5, 5.41) is 0. The summed E-state index contributed by atoms with van der Waals surface area (Å²) in [6.45, 7) is 4.37. The summed E-state index contributed by atoms with van der Waals surface area (Å²) in [5.74, 6) is -2.13. The number of primary amides is 1. The first-order valence-electron chi connectivity index (χ1n) is 8.14. The Bertz CT molecular complexity index is 631. The van der Waals surface area contributed by atoms with E-state index < -0.39 is 23.8 Å². The van der Waals surface area contributed by atoms with Crippen molar-refractivity contribution in [2.24, 2.45) is 11.7 Å². The van der Waals surface area contributed by atoms with Gasteiger partial charge in [-0.05, 0) is 18.1 Å². The molecule has 0 spiro atoms. The number of piperidine rings is 1. The fraction of sp³-hybridized carbons (Fsp3) is 0.529. The van der Waals surface area contributed by atoms with Crippen molar-refractivity contribution in [2.75, 3.05) is 13.1 Å². The van der Waals surface area contributed by atoms with Gasteiger partial charge in [0.25, 0.3) is 5.91 Å². The Morgan fingerprint density at radius 1 is 1.20 bits per heavy atom. The number of likely N-dealkylation sites (tertiary alicyclic amines) is 1. The van der Waals surface area contributed by atoms with Crippen LogP contribution in [0.5, 0.6) is 5.75 Å². The summed E-state index contributed by atoms with van der Waals surface area (Å²) in [6, 6.07) is 3.38. The third kappa shape index (κ3) is 5.04. The Kier molecular flexibility index (Phi) is 6.17. The second-order valence-electron chi connectivity index (χ2n) is 6.32. The number of hydrogen-bond acceptors (Lipinski definition) is 4. The largest absolute Gasteiger partial charge is 0.490 e. The van der Waals surface area contributed by atoms with Gasteiger partial charge in [0.15, 0.2) is 17.7 Å². The van der Waals surface area contributed by atoms with Gasteiger partial charge in [0.05, 0.1) is 0 Å². The molecule has 0 bridgehead atoms. The highest BCUT2D eigenvalue weighted by Gasteiger charge is 2.32. The molecule has 25 heavy (non-hydrogen) atoms. The molecule has 1 aliphatic rings. The first-order valence-corrected chi connectivity index (χ1v) is 8.14. The van der Waals surface area contributed by atoms with Crippen molar-refractivity contribution < 1.29 is 27.8 Å². The average molecular weight is 356 g/mol. The normalized spacial score (nSPS) is 16.6. The number of benzene rings is 1. The molecule has 6 nitrogen and oxygen atoms in total. The van der Waals surface area contributed by atoms with Crippen molar-refractivity contribution in [1.29, 1.82) is 0 Å². The Hall–Kier alpha value is -2.38. The van der Waals surface area contributed by atoms with Gasteiger partial charge in [0, 0.05) is 32.0 Å². The number of rotatable bonds is 5. The summed E-state index contributed by atoms with van der Waals surface area (Å²) in [6.07, 6.45) is -1.04. The second-order valence-corrected chi connectivity index (χ2v) is 6.32. The van der Waals surface area contributed by atoms with Crippen LogP contribution in [0.1, 0.15) is 26.7 Å². The number of ether oxygens (including phenoxy) is 2. The molecule has 1 atom stereocenters. The number of nitrogens with two attached hydrogens (primary N) is 1. The highest BCUT2D eigenvalue weighted by atomic mass is 19.2. The molecule has 1 aromatic carbocycles. The highest BCUT2D eigenvalue weighted by Crippen LogP contribution is 2.22. The third-order valence-electron chi connectivity index (χ3n) is 4.04. The lowest BCUT2D eigenvalue weighted by Gasteiger charge is -2.34. The summed E-state index contributed by atoms with van der Waals surface area (Å²) in [4.78, 5) is 25.0. The van der Waals surface area contributed by atoms with E-state index in [4.69, 9.17) is 15.2 Å². The first kappa shape index (κ1) is 19.0. The summed E-state index contributed by atoms with van der Waals surface area (Å²) in [7, 11) is 0. The Morgan fingerprint density at radius 3 is 2.36 bits per heavy atom. The zero-order valence-corrected chi connectivity index (χ0v) is 14.2. The van der Waals surface area contributed by atoms with Crippen LogP contribution in [0.15, 0.2) is 18.2 Å². The zero-order chi connectivity index (χ0) is 18.6. The fourth-order valence-corrected chi connectivity index (χ4v) is 2.71. The molecule has 2 N–H and O–H groups in total. The number of halogens is 2. The standard InChI is InChI=1S/C17H22F2N2O4/c1-10(2)15(25-17(20)23)16(22)21-7-5-11(6-8-21)24-12-3-4-13(18)14(19)9-12/h3-4,9-11,15H,5-8H2,1-2H3,(H2,20,23)/t15-/m0/s1. The Labute approximate surface area is 144 Å². The van der Waals surface area contributed by atoms with Crippen LogP contribution in [0, 0.1) is 17.6 Å². The van der Waals surface area contributed by atoms with Crippen LogP contribution >= 0.6 is 0 Å². The van der Waals surface area contributed by atoms with Gasteiger partial charge in [0.2, 0.25) is 0 Å². The van der Waals surface area contributed by atoms with Crippen molar-refractivity contribution in [3.8, 4) is 5.75 Å². The quantitative estimate of drug-likeness (QED) is 0.879. The number of nitrogens with zero attached hydrogens (tertiary/aromatic N) is 1. The minimum absolute atomic E-state index is 0.198. The van der Waals surface area contributed by atoms with E-state index >= 15 is 0 Å². The number of amides is 2. The number of carbonyl (C=O) groups excluding carboxylic acids is 2. The van der Waals surface area contributed by atoms with Gasteiger partial charge >= 0.3 is 6.09 Å². The molecule has 0 aromatic heterocycles. The number of carbonyl (C=O) groups is 2. The molecule has 1 heterocycles. The minimum Gasteiger partial charge on any atom is -0.490 e. The van der Waals surface area contributed by atoms with Gasteiger partial charge in [0.1, 0.15) is 11.9 Å². The van der Waals surface area contributed by atoms with Gasteiger partial charge in [-0.25, -0.2) is 13.6 Å². The van der Waals surface area contributed by atoms with Crippen LogP contribution in [0.4, 0.5) is 13.6 Å². The van der Waals surface area contributed by atoms with Crippen LogP contribution in [0.3, 0.4) is 0 Å². The molecule has 0 saturated carbocycles. The van der Waals surface area contributed by atoms with Gasteiger partial charge in [-0.3, -0.25) is 4.79 Å². The molecule has 1 fully saturated rings. The van der Waals surface area contributed by atoms with E-state index in [9.17, 15) is 18.4 Å². The van der Waals surface area contributed by atoms with Crippen molar-refractivity contribution in [3.63, 3.8) is 0 Å². The smallest absolute Gasteiger partial charge is 0.405 e. The maximum absolute atomic E-state index is 13.2. The molecule has 0 unspecified atom stereocenters. The molecule has 2 rings (SSSR count). The third-order valence-corrected chi connectivity index (χ3v) is 4.04. The average Bonchev–Trinajstić information content (AvgIpc) is 2.56. The lowest BCUT2D eigenvalue weighted by molar-refractivity contribution is -0.144. The minimum atomic E-state index is -0.983. The van der Waals surface area contributed by atoms with Gasteiger partial charge in [-0.1, -0.05) is 13.8 Å². The Morgan fingerprint density at radius 2 is 1.84 bits per heavy atom. The maximum atomic E-state index is 13.2. The second kappa shape index (κ2) is 8.13. The van der Waals surface area contributed by atoms with Gasteiger partial charge < -0.3 is 20.1 Å². The predicted molar refractivity (Wildman–Crippen MR) is 85.9 cm³/mol. The van der Waals surface area contributed by atoms with E-state index in [1.807, 2.05) is 0 Å². The zero-order valence-electron chi connectivity index (χ0n) is 14.2. The van der Waals surface area contributed by atoms with Crippen LogP contribution < -0.4 is 10.5 Å². The highest BCUT2D eigenvalue weighted by molar-refractivity contribution is 5.83. The molecular formula is C17H22F2N2O4. The van der Waals surface area contributed by atoms with Crippen LogP contribution in [-0.2, 0) is 9.53 Å². The van der Waals surface area contributed by atoms with E-state index in [1.165, 1.54) is 6.07 Å². The molecule has 2 amide bonds. The summed E-state index contributed by atoms with van der Waals surface area (Å²) in [5.41, 5.74) is 5.02. The monoisotopic (exact) mass is 356 g/mol. The van der Waals surface area contributed by atoms with Gasteiger partial charge in [-0.15, -0.1) is 0 Å². The SMILES string of the molecule is CC(C)[C@H](OC(N)=O)C(=O)N1CCC(Oc2ccc(F)c(F)c2)CC1. The fourth-order valence-electron chi connectivity index (χ4n) is 2.71. The molecular weight excluding hydrogens is 334 g/mol. The molecule has 138 valence electrons. The molecule has 1 aromatic rings. The maximum Gasteiger partial charge on any atom is 0.405 e. The molecule has 0 aliphatic carbocycles. The van der Waals surface area contributed by atoms with Crippen molar-refractivity contribution in [1.82, 2.24) is 4.90 Å². The van der Waals surface area contributed by atoms with E-state index in [2.05, 4.69) is 0 Å².